The first-order valence-corrected chi connectivity index (χ1v) is 7.40. The van der Waals surface area contributed by atoms with E-state index < -0.39 is 11.6 Å². The summed E-state index contributed by atoms with van der Waals surface area (Å²) in [4.78, 5) is 8.35. The van der Waals surface area contributed by atoms with Gasteiger partial charge in [-0.1, -0.05) is 5.16 Å². The summed E-state index contributed by atoms with van der Waals surface area (Å²) in [6.07, 6.45) is 0. The smallest absolute Gasteiger partial charge is 0.277 e. The highest BCUT2D eigenvalue weighted by atomic mass is 79.9. The zero-order chi connectivity index (χ0) is 15.0. The number of nitrogens with two attached hydrogens (primary N) is 1. The third-order valence-corrected chi connectivity index (χ3v) is 4.29. The molecule has 2 heterocycles. The molecule has 0 saturated carbocycles. The van der Waals surface area contributed by atoms with Gasteiger partial charge in [0.1, 0.15) is 10.7 Å². The summed E-state index contributed by atoms with van der Waals surface area (Å²) in [5.41, 5.74) is 6.27. The fourth-order valence-electron chi connectivity index (χ4n) is 1.64. The molecule has 0 bridgehead atoms. The van der Waals surface area contributed by atoms with Gasteiger partial charge in [0.2, 0.25) is 5.82 Å². The highest BCUT2D eigenvalue weighted by Gasteiger charge is 2.18. The van der Waals surface area contributed by atoms with Gasteiger partial charge < -0.3 is 10.3 Å². The molecule has 0 unspecified atom stereocenters. The van der Waals surface area contributed by atoms with Crippen LogP contribution in [0.25, 0.3) is 23.0 Å². The molecule has 9 heteroatoms. The van der Waals surface area contributed by atoms with E-state index in [-0.39, 0.29) is 21.8 Å². The zero-order valence-corrected chi connectivity index (χ0v) is 12.7. The maximum atomic E-state index is 13.5. The lowest BCUT2D eigenvalue weighted by molar-refractivity contribution is 0.431. The Labute approximate surface area is 129 Å². The van der Waals surface area contributed by atoms with Crippen LogP contribution in [-0.2, 0) is 6.54 Å². The Kier molecular flexibility index (Phi) is 3.79. The SMILES string of the molecule is NCc1nc(-c2nc(-c3ccc(F)c(F)c3Br)no2)cs1. The van der Waals surface area contributed by atoms with E-state index in [0.717, 1.165) is 11.1 Å². The Balaban J connectivity index is 2.00. The second-order valence-electron chi connectivity index (χ2n) is 3.98. The molecule has 0 aliphatic heterocycles. The summed E-state index contributed by atoms with van der Waals surface area (Å²) in [6.45, 7) is 0.320. The summed E-state index contributed by atoms with van der Waals surface area (Å²) < 4.78 is 31.7. The van der Waals surface area contributed by atoms with E-state index in [1.165, 1.54) is 17.4 Å². The Morgan fingerprint density at radius 2 is 2.10 bits per heavy atom. The number of hydrogen-bond donors (Lipinski definition) is 1. The molecular formula is C12H7BrF2N4OS. The van der Waals surface area contributed by atoms with Crippen molar-refractivity contribution in [2.45, 2.75) is 6.54 Å². The first-order valence-electron chi connectivity index (χ1n) is 5.72. The average molecular weight is 373 g/mol. The van der Waals surface area contributed by atoms with Gasteiger partial charge in [0.05, 0.1) is 4.47 Å². The summed E-state index contributed by atoms with van der Waals surface area (Å²) in [6, 6.07) is 2.37. The zero-order valence-electron chi connectivity index (χ0n) is 10.3. The van der Waals surface area contributed by atoms with Gasteiger partial charge in [-0.25, -0.2) is 13.8 Å². The molecule has 21 heavy (non-hydrogen) atoms. The molecule has 5 nitrogen and oxygen atoms in total. The number of benzene rings is 1. The number of thiazole rings is 1. The quantitative estimate of drug-likeness (QED) is 0.713. The monoisotopic (exact) mass is 372 g/mol. The minimum absolute atomic E-state index is 0.0595. The van der Waals surface area contributed by atoms with Crippen LogP contribution in [-0.4, -0.2) is 15.1 Å². The van der Waals surface area contributed by atoms with E-state index in [1.807, 2.05) is 0 Å². The van der Waals surface area contributed by atoms with Crippen LogP contribution >= 0.6 is 27.3 Å². The van der Waals surface area contributed by atoms with Gasteiger partial charge in [-0.3, -0.25) is 0 Å². The molecule has 0 aliphatic rings. The molecular weight excluding hydrogens is 366 g/mol. The van der Waals surface area contributed by atoms with E-state index in [4.69, 9.17) is 10.3 Å². The molecule has 3 rings (SSSR count). The van der Waals surface area contributed by atoms with E-state index in [2.05, 4.69) is 31.1 Å². The predicted octanol–water partition coefficient (Wildman–Crippen LogP) is 3.36. The van der Waals surface area contributed by atoms with Crippen LogP contribution in [0.3, 0.4) is 0 Å². The van der Waals surface area contributed by atoms with Gasteiger partial charge in [0, 0.05) is 17.5 Å². The lowest BCUT2D eigenvalue weighted by atomic mass is 10.2. The van der Waals surface area contributed by atoms with Crippen molar-refractivity contribution in [1.82, 2.24) is 15.1 Å². The van der Waals surface area contributed by atoms with Crippen LogP contribution in [0.2, 0.25) is 0 Å². The summed E-state index contributed by atoms with van der Waals surface area (Å²) >= 11 is 4.36. The van der Waals surface area contributed by atoms with Crippen molar-refractivity contribution in [2.75, 3.05) is 0 Å². The lowest BCUT2D eigenvalue weighted by Gasteiger charge is -2.00. The van der Waals surface area contributed by atoms with E-state index in [0.29, 0.717) is 12.2 Å². The van der Waals surface area contributed by atoms with Gasteiger partial charge in [-0.15, -0.1) is 11.3 Å². The molecule has 0 saturated heterocycles. The van der Waals surface area contributed by atoms with Gasteiger partial charge >= 0.3 is 0 Å². The van der Waals surface area contributed by atoms with Crippen LogP contribution in [0.4, 0.5) is 8.78 Å². The number of aromatic nitrogens is 3. The Hall–Kier alpha value is -1.71. The van der Waals surface area contributed by atoms with E-state index in [9.17, 15) is 8.78 Å². The maximum absolute atomic E-state index is 13.5. The van der Waals surface area contributed by atoms with E-state index >= 15 is 0 Å². The van der Waals surface area contributed by atoms with Crippen LogP contribution in [0.1, 0.15) is 5.01 Å². The molecule has 0 spiro atoms. The second kappa shape index (κ2) is 5.58. The van der Waals surface area contributed by atoms with Gasteiger partial charge in [-0.2, -0.15) is 4.98 Å². The molecule has 2 aromatic heterocycles. The van der Waals surface area contributed by atoms with Gasteiger partial charge in [0.15, 0.2) is 11.6 Å². The molecule has 0 atom stereocenters. The molecule has 108 valence electrons. The van der Waals surface area contributed by atoms with Crippen molar-refractivity contribution in [3.8, 4) is 23.0 Å². The molecule has 0 radical (unpaired) electrons. The maximum Gasteiger partial charge on any atom is 0.277 e. The minimum Gasteiger partial charge on any atom is -0.332 e. The second-order valence-corrected chi connectivity index (χ2v) is 5.71. The molecule has 3 aromatic rings. The van der Waals surface area contributed by atoms with Crippen molar-refractivity contribution in [3.05, 3.63) is 38.6 Å². The number of hydrogen-bond acceptors (Lipinski definition) is 6. The summed E-state index contributed by atoms with van der Waals surface area (Å²) in [7, 11) is 0. The first-order chi connectivity index (χ1) is 10.1. The number of halogens is 3. The Bertz CT molecular complexity index is 804. The molecule has 0 fully saturated rings. The highest BCUT2D eigenvalue weighted by Crippen LogP contribution is 2.31. The fraction of sp³-hybridized carbons (Fsp3) is 0.0833. The van der Waals surface area contributed by atoms with Crippen LogP contribution in [0.15, 0.2) is 26.5 Å². The van der Waals surface area contributed by atoms with E-state index in [1.54, 1.807) is 5.38 Å². The molecule has 2 N–H and O–H groups in total. The number of nitrogens with zero attached hydrogens (tertiary/aromatic N) is 3. The third kappa shape index (κ3) is 2.59. The fourth-order valence-corrected chi connectivity index (χ4v) is 2.79. The van der Waals surface area contributed by atoms with Crippen molar-refractivity contribution in [3.63, 3.8) is 0 Å². The minimum atomic E-state index is -1.00. The van der Waals surface area contributed by atoms with Crippen molar-refractivity contribution < 1.29 is 13.3 Å². The number of rotatable bonds is 3. The Morgan fingerprint density at radius 1 is 1.29 bits per heavy atom. The topological polar surface area (TPSA) is 77.8 Å². The first kappa shape index (κ1) is 14.2. The van der Waals surface area contributed by atoms with Crippen molar-refractivity contribution in [1.29, 1.82) is 0 Å². The third-order valence-electron chi connectivity index (χ3n) is 2.65. The van der Waals surface area contributed by atoms with Crippen LogP contribution in [0, 0.1) is 11.6 Å². The van der Waals surface area contributed by atoms with Gasteiger partial charge in [0.25, 0.3) is 5.89 Å². The Morgan fingerprint density at radius 3 is 2.81 bits per heavy atom. The molecule has 1 aromatic carbocycles. The largest absolute Gasteiger partial charge is 0.332 e. The van der Waals surface area contributed by atoms with Crippen LogP contribution in [0.5, 0.6) is 0 Å². The molecule has 0 amide bonds. The summed E-state index contributed by atoms with van der Waals surface area (Å²) in [5, 5.41) is 6.23. The molecule has 0 aliphatic carbocycles. The van der Waals surface area contributed by atoms with Crippen LogP contribution < -0.4 is 5.73 Å². The highest BCUT2D eigenvalue weighted by molar-refractivity contribution is 9.10. The lowest BCUT2D eigenvalue weighted by Crippen LogP contribution is -1.94. The summed E-state index contributed by atoms with van der Waals surface area (Å²) in [5.74, 6) is -1.63. The van der Waals surface area contributed by atoms with Crippen molar-refractivity contribution >= 4 is 27.3 Å². The average Bonchev–Trinajstić information content (AvgIpc) is 3.13. The standard InChI is InChI=1S/C12H7BrF2N4OS/c13-9-5(1-2-6(14)10(9)15)11-18-12(20-19-11)7-4-21-8(3-16)17-7/h1-2,4H,3,16H2. The normalized spacial score (nSPS) is 11.0. The van der Waals surface area contributed by atoms with Crippen molar-refractivity contribution in [2.24, 2.45) is 5.73 Å². The van der Waals surface area contributed by atoms with Gasteiger partial charge in [-0.05, 0) is 28.1 Å². The predicted molar refractivity (Wildman–Crippen MR) is 76.3 cm³/mol.